The first-order valence-electron chi connectivity index (χ1n) is 46.9. The first-order valence-corrected chi connectivity index (χ1v) is 49.0. The average molecular weight is 1810 g/mol. The van der Waals surface area contributed by atoms with Crippen LogP contribution in [-0.2, 0) is 11.8 Å². The van der Waals surface area contributed by atoms with Crippen LogP contribution in [0.1, 0.15) is 485 Å². The third-order valence-electron chi connectivity index (χ3n) is 16.9. The van der Waals surface area contributed by atoms with Gasteiger partial charge in [0.1, 0.15) is 0 Å². The predicted octanol–water partition coefficient (Wildman–Crippen LogP) is 42.4. The quantitative estimate of drug-likeness (QED) is 0.0903. The fourth-order valence-electron chi connectivity index (χ4n) is 9.61. The molecule has 0 amide bonds. The van der Waals surface area contributed by atoms with Crippen LogP contribution in [0, 0.1) is 100.0 Å². The zero-order chi connectivity index (χ0) is 101. The summed E-state index contributed by atoms with van der Waals surface area (Å²) in [6.45, 7) is 106. The molecule has 12 heteroatoms. The molecule has 2 fully saturated rings. The summed E-state index contributed by atoms with van der Waals surface area (Å²) >= 11 is 6.01. The normalized spacial score (nSPS) is 13.5. The minimum Gasteiger partial charge on any atom is -0.211 e. The smallest absolute Gasteiger partial charge is 0.211 e. The molecule has 0 aromatic heterocycles. The Hall–Kier alpha value is -2.26. The lowest BCUT2D eigenvalue weighted by atomic mass is 9.74. The Labute approximate surface area is 776 Å². The molecule has 0 saturated heterocycles. The molecule has 2 saturated carbocycles. The molecule has 0 spiro atoms. The second-order valence-electron chi connectivity index (χ2n) is 52.2. The molecule has 0 radical (unpaired) electrons. The van der Waals surface area contributed by atoms with Gasteiger partial charge >= 0.3 is 12.4 Å². The van der Waals surface area contributed by atoms with Crippen molar-refractivity contribution >= 4 is 24.4 Å². The fourth-order valence-corrected chi connectivity index (χ4v) is 10.5. The van der Waals surface area contributed by atoms with Crippen LogP contribution in [0.15, 0.2) is 73.3 Å². The zero-order valence-corrected chi connectivity index (χ0v) is 93.0. The van der Waals surface area contributed by atoms with E-state index in [0.717, 1.165) is 30.4 Å². The summed E-state index contributed by atoms with van der Waals surface area (Å²) in [7, 11) is 0. The fraction of sp³-hybridized carbons (Fsp3) is 0.856. The van der Waals surface area contributed by atoms with E-state index < -0.39 is 43.5 Å². The van der Waals surface area contributed by atoms with Gasteiger partial charge in [0, 0.05) is 32.1 Å². The minimum absolute atomic E-state index is 0.00694. The van der Waals surface area contributed by atoms with Crippen molar-refractivity contribution in [3.8, 4) is 12.3 Å². The summed E-state index contributed by atoms with van der Waals surface area (Å²) in [6, 6.07) is 21.2. The van der Waals surface area contributed by atoms with Gasteiger partial charge in [-0.2, -0.15) is 50.7 Å². The van der Waals surface area contributed by atoms with Crippen molar-refractivity contribution in [1.82, 2.24) is 0 Å². The van der Waals surface area contributed by atoms with E-state index in [4.69, 9.17) is 6.42 Å². The number of thiol groups is 1. The number of allylic oxidation sites excluding steroid dienone is 1. The summed E-state index contributed by atoms with van der Waals surface area (Å²) in [5, 5.41) is 0. The summed E-state index contributed by atoms with van der Waals surface area (Å²) in [5.74, 6) is 7.00. The first kappa shape index (κ1) is 144. The number of hydrogen-bond acceptors (Lipinski definition) is 2. The van der Waals surface area contributed by atoms with Crippen molar-refractivity contribution < 1.29 is 43.9 Å². The molecule has 2 aromatic rings. The third kappa shape index (κ3) is 181. The predicted molar refractivity (Wildman–Crippen MR) is 549 cm³/mol. The standard InChI is InChI=1S/C12H18.C10H14.C9H18.C8H16.C8H18.C7H13F3.C7H14F2.C7H16.C7H14.C7H12.C6H11F3.C6H12F2.C6H14S.C6H14.C5H12S/c1-12(2,3)10-9-11-7-5-4-6-8-11;1-10(2,3)9-7-5-4-6-8-9;1-9(2,3)7-8-5-4-6-8;1-8(2,3)6-7-4-5-7;1-5-6-7-8(2,3)4;1-6(2,3)4-5-7(8,9)10;1-7(2,3)5-4-6(8)9;3*1-5-6-7(2,3)4;1-5(2,3)4-6(7,8)9;1-6(2,3)4-5(7)8;1-6(2,3)5-7-4;1-5-6(2,3)4;1-5(2,3)4-6/h4-8H,9-10H2,1-3H3;4-8H,1-3H3;8H,4-7H2,1-3H3;7H,4-6H2,1-3H3;5-7H2,1-4H3;4-5H2,1-3H3;6H,4-5H2,1-3H3;5-6H2,1-4H3;5H,1,6H2,2-4H3;1H,6H2,2-4H3;4H2,1-3H3;5H,4H2,1-3H3;5H2,1-4H3;5H2,1-4H3;6H,4H2,1-3H3. The van der Waals surface area contributed by atoms with Crippen molar-refractivity contribution in [2.45, 2.75) is 511 Å². The molecular weight excluding hydrogens is 1590 g/mol. The van der Waals surface area contributed by atoms with Gasteiger partial charge in [-0.05, 0) is 180 Å². The number of benzene rings is 2. The molecule has 0 nitrogen and oxygen atoms in total. The summed E-state index contributed by atoms with van der Waals surface area (Å²) in [5.41, 5.74) is 7.04. The van der Waals surface area contributed by atoms with E-state index in [1.807, 2.05) is 38.6 Å². The van der Waals surface area contributed by atoms with Gasteiger partial charge in [-0.1, -0.05) is 457 Å². The largest absolute Gasteiger partial charge is 0.389 e. The number of thioether (sulfide) groups is 1. The van der Waals surface area contributed by atoms with E-state index in [-0.39, 0.29) is 35.5 Å². The highest BCUT2D eigenvalue weighted by Gasteiger charge is 2.34. The third-order valence-corrected chi connectivity index (χ3v) is 19.0. The molecular formula is C111H216F10S2. The lowest BCUT2D eigenvalue weighted by Gasteiger charge is -2.31. The van der Waals surface area contributed by atoms with Gasteiger partial charge in [0.2, 0.25) is 12.9 Å². The van der Waals surface area contributed by atoms with Crippen LogP contribution in [0.2, 0.25) is 0 Å². The molecule has 123 heavy (non-hydrogen) atoms. The lowest BCUT2D eigenvalue weighted by molar-refractivity contribution is -0.152. The van der Waals surface area contributed by atoms with E-state index >= 15 is 0 Å². The molecule has 0 atom stereocenters. The van der Waals surface area contributed by atoms with Crippen molar-refractivity contribution in [2.75, 3.05) is 17.8 Å². The lowest BCUT2D eigenvalue weighted by Crippen LogP contribution is -2.18. The highest BCUT2D eigenvalue weighted by atomic mass is 32.2. The van der Waals surface area contributed by atoms with Crippen LogP contribution in [0.5, 0.6) is 0 Å². The first-order chi connectivity index (χ1) is 54.0. The van der Waals surface area contributed by atoms with Crippen LogP contribution in [-0.4, -0.2) is 43.0 Å². The molecule has 2 aliphatic rings. The number of alkyl halides is 10. The molecule has 0 bridgehead atoms. The second-order valence-corrected chi connectivity index (χ2v) is 53.4. The van der Waals surface area contributed by atoms with Gasteiger partial charge in [-0.15, -0.1) is 18.9 Å². The van der Waals surface area contributed by atoms with E-state index in [1.165, 1.54) is 113 Å². The summed E-state index contributed by atoms with van der Waals surface area (Å²) < 4.78 is 116. The molecule has 0 N–H and O–H groups in total. The van der Waals surface area contributed by atoms with E-state index in [2.05, 4.69) is 341 Å². The van der Waals surface area contributed by atoms with E-state index in [0.29, 0.717) is 66.0 Å². The monoisotopic (exact) mass is 1800 g/mol. The topological polar surface area (TPSA) is 0 Å². The van der Waals surface area contributed by atoms with Crippen LogP contribution in [0.25, 0.3) is 0 Å². The summed E-state index contributed by atoms with van der Waals surface area (Å²) in [4.78, 5) is 0. The second kappa shape index (κ2) is 69.6. The molecule has 742 valence electrons. The Balaban J connectivity index is -0.000000122. The van der Waals surface area contributed by atoms with Crippen LogP contribution in [0.3, 0.4) is 0 Å². The number of terminal acetylenes is 1. The van der Waals surface area contributed by atoms with Crippen LogP contribution in [0.4, 0.5) is 43.9 Å². The highest BCUT2D eigenvalue weighted by molar-refractivity contribution is 7.98. The van der Waals surface area contributed by atoms with E-state index in [1.54, 1.807) is 62.3 Å². The molecule has 4 rings (SSSR count). The zero-order valence-electron chi connectivity index (χ0n) is 91.3. The molecule has 0 heterocycles. The molecule has 0 aliphatic heterocycles. The Kier molecular flexibility index (Phi) is 81.3. The number of unbranched alkanes of at least 4 members (excludes halogenated alkanes) is 1. The van der Waals surface area contributed by atoms with Crippen molar-refractivity contribution in [3.05, 3.63) is 84.4 Å². The summed E-state index contributed by atoms with van der Waals surface area (Å²) in [6.07, 6.45) is 19.1. The highest BCUT2D eigenvalue weighted by Crippen LogP contribution is 2.40. The number of aryl methyl sites for hydroxylation is 1. The van der Waals surface area contributed by atoms with Gasteiger partial charge in [-0.25, -0.2) is 17.6 Å². The number of rotatable bonds is 13. The van der Waals surface area contributed by atoms with Crippen molar-refractivity contribution in [1.29, 1.82) is 0 Å². The number of hydrogen-bond donors (Lipinski definition) is 1. The Bertz CT molecular complexity index is 2570. The van der Waals surface area contributed by atoms with Gasteiger partial charge < -0.3 is 0 Å². The van der Waals surface area contributed by atoms with Gasteiger partial charge in [0.15, 0.2) is 0 Å². The Morgan fingerprint density at radius 3 is 0.862 bits per heavy atom. The van der Waals surface area contributed by atoms with E-state index in [9.17, 15) is 43.9 Å². The van der Waals surface area contributed by atoms with Gasteiger partial charge in [0.05, 0.1) is 0 Å². The van der Waals surface area contributed by atoms with Gasteiger partial charge in [-0.3, -0.25) is 0 Å². The van der Waals surface area contributed by atoms with Crippen molar-refractivity contribution in [2.24, 2.45) is 87.6 Å². The maximum absolute atomic E-state index is 11.6. The Morgan fingerprint density at radius 2 is 0.764 bits per heavy atom. The molecule has 0 unspecified atom stereocenters. The van der Waals surface area contributed by atoms with Crippen molar-refractivity contribution in [3.63, 3.8) is 0 Å². The molecule has 2 aliphatic carbocycles. The Morgan fingerprint density at radius 1 is 0.407 bits per heavy atom. The van der Waals surface area contributed by atoms with Crippen LogP contribution < -0.4 is 0 Å². The number of halogens is 10. The molecule has 2 aromatic carbocycles. The maximum Gasteiger partial charge on any atom is 0.389 e. The van der Waals surface area contributed by atoms with Gasteiger partial charge in [0.25, 0.3) is 0 Å². The van der Waals surface area contributed by atoms with Crippen LogP contribution >= 0.6 is 24.4 Å². The SMILES string of the molecule is C#CCC(C)(C)C.C=CCC(C)(C)C.CC(C)(C)CC(F)(F)F.CC(C)(C)CC(F)F.CC(C)(C)CC1CC1.CC(C)(C)CC1CCC1.CC(C)(C)CCC(F)(F)F.CC(C)(C)CCC(F)F.CC(C)(C)CCc1ccccc1.CC(C)(C)CS.CC(C)(C)c1ccccc1.CCC(C)(C)C.CCCC(C)(C)C.CCCCC(C)(C)C.CSCC(C)(C)C. The maximum atomic E-state index is 11.6. The average Bonchev–Trinajstić information content (AvgIpc) is 1.87. The minimum atomic E-state index is -4.02.